The Morgan fingerprint density at radius 2 is 1.02 bits per heavy atom. The molecule has 2 aromatic heterocycles. The number of hydrogen-bond acceptors (Lipinski definition) is 2. The van der Waals surface area contributed by atoms with E-state index >= 15 is 0 Å². The molecule has 208 valence electrons. The standard InChI is InChI=1S/C42H24N2Se/c1-3-10-29-25(8-1)18-22-32-31(29)21-19-27-16-17-28(24-37(27)32)42-43-39-30-11-4-2-9-26(30)20-23-35(39)40(44-42)36-14-7-13-34-33-12-5-6-15-38(33)45-41(34)36/h1-24H. The van der Waals surface area contributed by atoms with E-state index in [1.807, 2.05) is 0 Å². The molecule has 45 heavy (non-hydrogen) atoms. The number of hydrogen-bond donors (Lipinski definition) is 0. The van der Waals surface area contributed by atoms with Crippen molar-refractivity contribution in [2.45, 2.75) is 0 Å². The van der Waals surface area contributed by atoms with Crippen LogP contribution in [-0.2, 0) is 0 Å². The predicted molar refractivity (Wildman–Crippen MR) is 192 cm³/mol. The van der Waals surface area contributed by atoms with Crippen LogP contribution in [0, 0.1) is 0 Å². The van der Waals surface area contributed by atoms with E-state index in [0.717, 1.165) is 33.4 Å². The average molecular weight is 636 g/mol. The molecule has 2 nitrogen and oxygen atoms in total. The summed E-state index contributed by atoms with van der Waals surface area (Å²) in [7, 11) is 0. The van der Waals surface area contributed by atoms with Gasteiger partial charge < -0.3 is 0 Å². The van der Waals surface area contributed by atoms with Crippen molar-refractivity contribution < 1.29 is 0 Å². The fourth-order valence-electron chi connectivity index (χ4n) is 7.09. The quantitative estimate of drug-likeness (QED) is 0.140. The Kier molecular flexibility index (Phi) is 5.33. The fraction of sp³-hybridized carbons (Fsp3) is 0. The Hall–Kier alpha value is -5.34. The molecule has 0 aliphatic rings. The third-order valence-corrected chi connectivity index (χ3v) is 11.8. The van der Waals surface area contributed by atoms with Crippen molar-refractivity contribution in [2.24, 2.45) is 0 Å². The number of benzene rings is 8. The zero-order valence-corrected chi connectivity index (χ0v) is 25.9. The first kappa shape index (κ1) is 25.0. The van der Waals surface area contributed by atoms with E-state index in [0.29, 0.717) is 0 Å². The molecular formula is C42H24N2Se. The molecule has 0 saturated carbocycles. The molecule has 0 unspecified atom stereocenters. The summed E-state index contributed by atoms with van der Waals surface area (Å²) in [6.45, 7) is 0. The van der Waals surface area contributed by atoms with Crippen molar-refractivity contribution in [1.29, 1.82) is 0 Å². The first-order chi connectivity index (χ1) is 22.3. The van der Waals surface area contributed by atoms with Crippen LogP contribution in [0.5, 0.6) is 0 Å². The second-order valence-corrected chi connectivity index (χ2v) is 14.0. The Labute approximate surface area is 265 Å². The molecular weight excluding hydrogens is 611 g/mol. The molecule has 0 bridgehead atoms. The van der Waals surface area contributed by atoms with E-state index in [-0.39, 0.29) is 14.5 Å². The van der Waals surface area contributed by atoms with Crippen molar-refractivity contribution in [1.82, 2.24) is 9.97 Å². The monoisotopic (exact) mass is 636 g/mol. The second-order valence-electron chi connectivity index (χ2n) is 11.7. The van der Waals surface area contributed by atoms with Crippen LogP contribution < -0.4 is 0 Å². The summed E-state index contributed by atoms with van der Waals surface area (Å²) in [5, 5.41) is 13.6. The zero-order chi connectivity index (χ0) is 29.5. The van der Waals surface area contributed by atoms with E-state index in [4.69, 9.17) is 9.97 Å². The molecule has 0 aliphatic heterocycles. The topological polar surface area (TPSA) is 25.8 Å². The number of fused-ring (bicyclic) bond motifs is 11. The van der Waals surface area contributed by atoms with Crippen LogP contribution in [-0.4, -0.2) is 24.5 Å². The molecule has 10 aromatic rings. The van der Waals surface area contributed by atoms with Crippen molar-refractivity contribution in [3.63, 3.8) is 0 Å². The summed E-state index contributed by atoms with van der Waals surface area (Å²) in [6, 6.07) is 52.8. The van der Waals surface area contributed by atoms with E-state index in [2.05, 4.69) is 146 Å². The van der Waals surface area contributed by atoms with Gasteiger partial charge in [-0.1, -0.05) is 18.2 Å². The van der Waals surface area contributed by atoms with E-state index < -0.39 is 0 Å². The van der Waals surface area contributed by atoms with E-state index in [1.165, 1.54) is 62.6 Å². The van der Waals surface area contributed by atoms with Crippen LogP contribution in [0.4, 0.5) is 0 Å². The van der Waals surface area contributed by atoms with E-state index in [1.54, 1.807) is 0 Å². The Balaban J connectivity index is 1.29. The molecule has 0 atom stereocenters. The Morgan fingerprint density at radius 1 is 0.400 bits per heavy atom. The maximum atomic E-state index is 5.42. The summed E-state index contributed by atoms with van der Waals surface area (Å²) in [6.07, 6.45) is 0. The van der Waals surface area contributed by atoms with Gasteiger partial charge >= 0.3 is 248 Å². The van der Waals surface area contributed by atoms with Crippen LogP contribution in [0.25, 0.3) is 95.9 Å². The summed E-state index contributed by atoms with van der Waals surface area (Å²) < 4.78 is 2.84. The molecule has 0 radical (unpaired) electrons. The van der Waals surface area contributed by atoms with Crippen LogP contribution in [0.15, 0.2) is 146 Å². The second kappa shape index (κ2) is 9.58. The van der Waals surface area contributed by atoms with Crippen LogP contribution in [0.3, 0.4) is 0 Å². The van der Waals surface area contributed by atoms with Crippen LogP contribution in [0.2, 0.25) is 0 Å². The maximum absolute atomic E-state index is 5.42. The summed E-state index contributed by atoms with van der Waals surface area (Å²) in [5.41, 5.74) is 4.25. The van der Waals surface area contributed by atoms with Gasteiger partial charge in [-0.2, -0.15) is 0 Å². The molecule has 8 aromatic carbocycles. The zero-order valence-electron chi connectivity index (χ0n) is 24.2. The molecule has 0 fully saturated rings. The molecule has 10 rings (SSSR count). The van der Waals surface area contributed by atoms with Gasteiger partial charge in [0.2, 0.25) is 0 Å². The fourth-order valence-corrected chi connectivity index (χ4v) is 9.64. The Bertz CT molecular complexity index is 2830. The van der Waals surface area contributed by atoms with Gasteiger partial charge in [0.25, 0.3) is 0 Å². The molecule has 0 N–H and O–H groups in total. The van der Waals surface area contributed by atoms with E-state index in [9.17, 15) is 0 Å². The van der Waals surface area contributed by atoms with Gasteiger partial charge in [0.15, 0.2) is 0 Å². The first-order valence-corrected chi connectivity index (χ1v) is 17.0. The number of rotatable bonds is 2. The van der Waals surface area contributed by atoms with Crippen molar-refractivity contribution in [2.75, 3.05) is 0 Å². The van der Waals surface area contributed by atoms with Crippen LogP contribution >= 0.6 is 0 Å². The summed E-state index contributed by atoms with van der Waals surface area (Å²) in [5.74, 6) is 0.758. The van der Waals surface area contributed by atoms with Crippen LogP contribution in [0.1, 0.15) is 0 Å². The molecule has 0 spiro atoms. The van der Waals surface area contributed by atoms with Gasteiger partial charge in [-0.25, -0.2) is 0 Å². The minimum absolute atomic E-state index is 0.210. The first-order valence-electron chi connectivity index (χ1n) is 15.2. The SMILES string of the molecule is c1ccc2c(c1)ccc1c3cc(-c4nc(-c5cccc6c5[se]c5ccccc56)c5ccc6ccccc6c5n4)ccc3ccc21. The molecule has 0 amide bonds. The minimum atomic E-state index is 0.210. The normalized spacial score (nSPS) is 12.0. The van der Waals surface area contributed by atoms with Gasteiger partial charge in [0, 0.05) is 0 Å². The number of nitrogens with zero attached hydrogens (tertiary/aromatic N) is 2. The van der Waals surface area contributed by atoms with Gasteiger partial charge in [-0.05, 0) is 0 Å². The van der Waals surface area contributed by atoms with Gasteiger partial charge in [0.1, 0.15) is 0 Å². The Morgan fingerprint density at radius 3 is 1.87 bits per heavy atom. The third-order valence-electron chi connectivity index (χ3n) is 9.25. The molecule has 2 heterocycles. The van der Waals surface area contributed by atoms with Gasteiger partial charge in [-0.15, -0.1) is 0 Å². The third kappa shape index (κ3) is 3.75. The number of aromatic nitrogens is 2. The van der Waals surface area contributed by atoms with Crippen molar-refractivity contribution >= 4 is 87.8 Å². The molecule has 0 saturated heterocycles. The summed E-state index contributed by atoms with van der Waals surface area (Å²) in [4.78, 5) is 10.7. The van der Waals surface area contributed by atoms with Crippen molar-refractivity contribution in [3.8, 4) is 22.6 Å². The van der Waals surface area contributed by atoms with Gasteiger partial charge in [0.05, 0.1) is 0 Å². The summed E-state index contributed by atoms with van der Waals surface area (Å²) >= 11 is 0.210. The van der Waals surface area contributed by atoms with Gasteiger partial charge in [-0.3, -0.25) is 0 Å². The molecule has 3 heteroatoms. The average Bonchev–Trinajstić information content (AvgIpc) is 3.49. The molecule has 0 aliphatic carbocycles. The predicted octanol–water partition coefficient (Wildman–Crippen LogP) is 10.9. The van der Waals surface area contributed by atoms with Crippen molar-refractivity contribution in [3.05, 3.63) is 146 Å².